The standard InChI is InChI=1S/C18H20O2/c1-15(19)7-5-10-16-11-6-12-18(13-16)20-14-17-8-3-2-4-9-17/h2-4,6,8-9,11-13H,5,7,10,14H2,1H3. The van der Waals surface area contributed by atoms with Crippen LogP contribution in [0.3, 0.4) is 0 Å². The van der Waals surface area contributed by atoms with E-state index in [0.29, 0.717) is 13.0 Å². The molecule has 0 amide bonds. The van der Waals surface area contributed by atoms with Crippen molar-refractivity contribution < 1.29 is 9.53 Å². The van der Waals surface area contributed by atoms with Crippen molar-refractivity contribution in [2.45, 2.75) is 32.8 Å². The summed E-state index contributed by atoms with van der Waals surface area (Å²) in [6.07, 6.45) is 2.47. The van der Waals surface area contributed by atoms with Gasteiger partial charge >= 0.3 is 0 Å². The average molecular weight is 268 g/mol. The highest BCUT2D eigenvalue weighted by Gasteiger charge is 2.00. The molecular weight excluding hydrogens is 248 g/mol. The molecule has 2 heteroatoms. The van der Waals surface area contributed by atoms with E-state index in [4.69, 9.17) is 4.74 Å². The number of carbonyl (C=O) groups is 1. The van der Waals surface area contributed by atoms with E-state index >= 15 is 0 Å². The Morgan fingerprint density at radius 1 is 1.00 bits per heavy atom. The van der Waals surface area contributed by atoms with E-state index in [9.17, 15) is 4.79 Å². The van der Waals surface area contributed by atoms with Crippen LogP contribution in [-0.4, -0.2) is 5.78 Å². The number of aryl methyl sites for hydroxylation is 1. The van der Waals surface area contributed by atoms with Crippen molar-refractivity contribution in [3.8, 4) is 5.75 Å². The number of hydrogen-bond acceptors (Lipinski definition) is 2. The van der Waals surface area contributed by atoms with Crippen molar-refractivity contribution in [2.75, 3.05) is 0 Å². The van der Waals surface area contributed by atoms with E-state index in [1.54, 1.807) is 6.92 Å². The quantitative estimate of drug-likeness (QED) is 0.753. The first-order valence-electron chi connectivity index (χ1n) is 6.99. The lowest BCUT2D eigenvalue weighted by atomic mass is 10.1. The monoisotopic (exact) mass is 268 g/mol. The van der Waals surface area contributed by atoms with E-state index < -0.39 is 0 Å². The van der Waals surface area contributed by atoms with Crippen LogP contribution in [-0.2, 0) is 17.8 Å². The highest BCUT2D eigenvalue weighted by Crippen LogP contribution is 2.16. The molecule has 0 aliphatic heterocycles. The fourth-order valence-electron chi connectivity index (χ4n) is 2.07. The molecule has 0 spiro atoms. The normalized spacial score (nSPS) is 10.2. The summed E-state index contributed by atoms with van der Waals surface area (Å²) in [5, 5.41) is 0. The Bertz CT molecular complexity index is 546. The van der Waals surface area contributed by atoms with Gasteiger partial charge < -0.3 is 9.53 Å². The van der Waals surface area contributed by atoms with Crippen LogP contribution in [0.2, 0.25) is 0 Å². The molecule has 0 bridgehead atoms. The van der Waals surface area contributed by atoms with Gasteiger partial charge in [0.1, 0.15) is 18.1 Å². The fourth-order valence-corrected chi connectivity index (χ4v) is 2.07. The van der Waals surface area contributed by atoms with Crippen molar-refractivity contribution in [3.63, 3.8) is 0 Å². The smallest absolute Gasteiger partial charge is 0.129 e. The number of ketones is 1. The number of carbonyl (C=O) groups excluding carboxylic acids is 1. The third kappa shape index (κ3) is 4.88. The van der Waals surface area contributed by atoms with Gasteiger partial charge in [-0.1, -0.05) is 42.5 Å². The van der Waals surface area contributed by atoms with Crippen LogP contribution in [0.1, 0.15) is 30.9 Å². The van der Waals surface area contributed by atoms with E-state index in [2.05, 4.69) is 24.3 Å². The predicted octanol–water partition coefficient (Wildman–Crippen LogP) is 4.18. The average Bonchev–Trinajstić information content (AvgIpc) is 2.46. The number of ether oxygens (including phenoxy) is 1. The van der Waals surface area contributed by atoms with Crippen LogP contribution in [0.4, 0.5) is 0 Å². The van der Waals surface area contributed by atoms with Gasteiger partial charge in [-0.05, 0) is 43.0 Å². The molecule has 0 aliphatic rings. The van der Waals surface area contributed by atoms with Gasteiger partial charge in [-0.15, -0.1) is 0 Å². The maximum atomic E-state index is 10.9. The molecule has 0 saturated heterocycles. The second kappa shape index (κ2) is 7.49. The zero-order valence-corrected chi connectivity index (χ0v) is 11.8. The maximum Gasteiger partial charge on any atom is 0.129 e. The van der Waals surface area contributed by atoms with Gasteiger partial charge in [-0.25, -0.2) is 0 Å². The first kappa shape index (κ1) is 14.3. The minimum atomic E-state index is 0.251. The van der Waals surface area contributed by atoms with Crippen LogP contribution in [0.15, 0.2) is 54.6 Å². The van der Waals surface area contributed by atoms with Crippen molar-refractivity contribution in [2.24, 2.45) is 0 Å². The van der Waals surface area contributed by atoms with Gasteiger partial charge in [-0.3, -0.25) is 0 Å². The Morgan fingerprint density at radius 3 is 2.50 bits per heavy atom. The Kier molecular flexibility index (Phi) is 5.36. The molecule has 0 saturated carbocycles. The van der Waals surface area contributed by atoms with Gasteiger partial charge in [0, 0.05) is 6.42 Å². The predicted molar refractivity (Wildman–Crippen MR) is 80.8 cm³/mol. The van der Waals surface area contributed by atoms with Crippen molar-refractivity contribution in [3.05, 3.63) is 65.7 Å². The molecule has 0 N–H and O–H groups in total. The van der Waals surface area contributed by atoms with Crippen molar-refractivity contribution >= 4 is 5.78 Å². The summed E-state index contributed by atoms with van der Waals surface area (Å²) in [6.45, 7) is 2.22. The van der Waals surface area contributed by atoms with E-state index in [1.807, 2.05) is 30.3 Å². The molecule has 0 aromatic heterocycles. The molecule has 0 aliphatic carbocycles. The first-order valence-corrected chi connectivity index (χ1v) is 6.99. The minimum absolute atomic E-state index is 0.251. The topological polar surface area (TPSA) is 26.3 Å². The summed E-state index contributed by atoms with van der Waals surface area (Å²) in [4.78, 5) is 10.9. The van der Waals surface area contributed by atoms with Crippen LogP contribution in [0.25, 0.3) is 0 Å². The largest absolute Gasteiger partial charge is 0.489 e. The Morgan fingerprint density at radius 2 is 1.75 bits per heavy atom. The first-order chi connectivity index (χ1) is 9.74. The zero-order valence-electron chi connectivity index (χ0n) is 11.8. The lowest BCUT2D eigenvalue weighted by Crippen LogP contribution is -1.96. The van der Waals surface area contributed by atoms with E-state index in [1.165, 1.54) is 5.56 Å². The highest BCUT2D eigenvalue weighted by atomic mass is 16.5. The molecule has 2 nitrogen and oxygen atoms in total. The van der Waals surface area contributed by atoms with Gasteiger partial charge in [0.15, 0.2) is 0 Å². The fraction of sp³-hybridized carbons (Fsp3) is 0.278. The Balaban J connectivity index is 1.87. The molecule has 0 radical (unpaired) electrons. The third-order valence-corrected chi connectivity index (χ3v) is 3.14. The summed E-state index contributed by atoms with van der Waals surface area (Å²) in [5.74, 6) is 1.13. The molecule has 0 fully saturated rings. The number of benzene rings is 2. The van der Waals surface area contributed by atoms with Gasteiger partial charge in [0.2, 0.25) is 0 Å². The number of Topliss-reactive ketones (excluding diaryl/α,β-unsaturated/α-hetero) is 1. The molecule has 2 aromatic rings. The molecule has 104 valence electrons. The van der Waals surface area contributed by atoms with Crippen LogP contribution >= 0.6 is 0 Å². The summed E-state index contributed by atoms with van der Waals surface area (Å²) in [7, 11) is 0. The molecular formula is C18H20O2. The third-order valence-electron chi connectivity index (χ3n) is 3.14. The van der Waals surface area contributed by atoms with E-state index in [-0.39, 0.29) is 5.78 Å². The summed E-state index contributed by atoms with van der Waals surface area (Å²) < 4.78 is 5.79. The highest BCUT2D eigenvalue weighted by molar-refractivity contribution is 5.75. The number of rotatable bonds is 7. The number of hydrogen-bond donors (Lipinski definition) is 0. The summed E-state index contributed by atoms with van der Waals surface area (Å²) in [5.41, 5.74) is 2.38. The van der Waals surface area contributed by atoms with Crippen LogP contribution in [0, 0.1) is 0 Å². The van der Waals surface area contributed by atoms with Crippen molar-refractivity contribution in [1.29, 1.82) is 0 Å². The lowest BCUT2D eigenvalue weighted by Gasteiger charge is -2.08. The summed E-state index contributed by atoms with van der Waals surface area (Å²) >= 11 is 0. The molecule has 0 atom stereocenters. The minimum Gasteiger partial charge on any atom is -0.489 e. The Labute approximate surface area is 120 Å². The van der Waals surface area contributed by atoms with Crippen molar-refractivity contribution in [1.82, 2.24) is 0 Å². The van der Waals surface area contributed by atoms with Crippen LogP contribution in [0.5, 0.6) is 5.75 Å². The molecule has 0 unspecified atom stereocenters. The second-order valence-corrected chi connectivity index (χ2v) is 4.98. The summed E-state index contributed by atoms with van der Waals surface area (Å²) in [6, 6.07) is 18.2. The van der Waals surface area contributed by atoms with Gasteiger partial charge in [0.05, 0.1) is 0 Å². The molecule has 2 rings (SSSR count). The lowest BCUT2D eigenvalue weighted by molar-refractivity contribution is -0.117. The van der Waals surface area contributed by atoms with E-state index in [0.717, 1.165) is 24.2 Å². The second-order valence-electron chi connectivity index (χ2n) is 4.98. The molecule has 0 heterocycles. The Hall–Kier alpha value is -2.09. The molecule has 2 aromatic carbocycles. The SMILES string of the molecule is CC(=O)CCCc1cccc(OCc2ccccc2)c1. The zero-order chi connectivity index (χ0) is 14.2. The maximum absolute atomic E-state index is 10.9. The van der Waals surface area contributed by atoms with Gasteiger partial charge in [-0.2, -0.15) is 0 Å². The molecule has 20 heavy (non-hydrogen) atoms. The van der Waals surface area contributed by atoms with Gasteiger partial charge in [0.25, 0.3) is 0 Å². The van der Waals surface area contributed by atoms with Crippen LogP contribution < -0.4 is 4.74 Å².